The number of aryl methyl sites for hydroxylation is 1. The summed E-state index contributed by atoms with van der Waals surface area (Å²) in [5.74, 6) is 0.413. The molecule has 5 rings (SSSR count). The van der Waals surface area contributed by atoms with E-state index in [1.54, 1.807) is 11.0 Å². The highest BCUT2D eigenvalue weighted by Crippen LogP contribution is 2.36. The molecule has 1 aromatic carbocycles. The predicted octanol–water partition coefficient (Wildman–Crippen LogP) is 3.23. The van der Waals surface area contributed by atoms with Gasteiger partial charge >= 0.3 is 0 Å². The monoisotopic (exact) mass is 495 g/mol. The third-order valence-electron chi connectivity index (χ3n) is 6.82. The number of hydrogen-bond donors (Lipinski definition) is 2. The van der Waals surface area contributed by atoms with Crippen molar-refractivity contribution in [3.63, 3.8) is 0 Å². The van der Waals surface area contributed by atoms with E-state index in [1.807, 2.05) is 6.92 Å². The molecule has 2 aromatic heterocycles. The molecule has 2 amide bonds. The first-order chi connectivity index (χ1) is 17.4. The number of nitrogens with one attached hydrogen (secondary N) is 2. The zero-order valence-corrected chi connectivity index (χ0v) is 20.5. The van der Waals surface area contributed by atoms with Gasteiger partial charge in [-0.05, 0) is 56.7 Å². The summed E-state index contributed by atoms with van der Waals surface area (Å²) in [4.78, 5) is 39.2. The number of H-pyrrole nitrogens is 1. The second-order valence-corrected chi connectivity index (χ2v) is 9.53. The lowest BCUT2D eigenvalue weighted by atomic mass is 10.0. The number of amides is 2. The Bertz CT molecular complexity index is 1280. The van der Waals surface area contributed by atoms with Crippen LogP contribution in [0.25, 0.3) is 22.3 Å². The number of benzene rings is 1. The van der Waals surface area contributed by atoms with Gasteiger partial charge in [0.05, 0.1) is 17.7 Å². The van der Waals surface area contributed by atoms with Crippen LogP contribution in [-0.4, -0.2) is 71.1 Å². The largest absolute Gasteiger partial charge is 0.493 e. The van der Waals surface area contributed by atoms with Crippen molar-refractivity contribution in [1.82, 2.24) is 25.2 Å². The normalized spacial score (nSPS) is 16.4. The van der Waals surface area contributed by atoms with Crippen molar-refractivity contribution in [2.24, 2.45) is 5.92 Å². The summed E-state index contributed by atoms with van der Waals surface area (Å²) in [7, 11) is 1.50. The molecule has 0 bridgehead atoms. The molecule has 10 heteroatoms. The number of hydrogen-bond acceptors (Lipinski definition) is 6. The minimum atomic E-state index is -0.396. The molecule has 2 fully saturated rings. The minimum absolute atomic E-state index is 0.0446. The number of carbonyl (C=O) groups excluding carboxylic acids is 2. The van der Waals surface area contributed by atoms with Crippen LogP contribution < -0.4 is 10.1 Å². The summed E-state index contributed by atoms with van der Waals surface area (Å²) in [6, 6.07) is 4.34. The third kappa shape index (κ3) is 5.04. The van der Waals surface area contributed by atoms with Crippen molar-refractivity contribution >= 4 is 22.8 Å². The Balaban J connectivity index is 1.38. The van der Waals surface area contributed by atoms with E-state index in [0.29, 0.717) is 77.8 Å². The fourth-order valence-corrected chi connectivity index (χ4v) is 4.65. The standard InChI is InChI=1S/C26H30FN5O4/c1-15-22(26(34)31-18-7-9-32(10-8-18)21(33)13-35-2)24-25(30-15)23(28-14-29-24)19-11-17(27)5-6-20(19)36-12-16-3-4-16/h5-6,11,14,16,18,30H,3-4,7-10,12-13H2,1-2H3,(H,31,34). The highest BCUT2D eigenvalue weighted by Gasteiger charge is 2.27. The average Bonchev–Trinajstić information content (AvgIpc) is 3.63. The molecule has 0 atom stereocenters. The minimum Gasteiger partial charge on any atom is -0.493 e. The smallest absolute Gasteiger partial charge is 0.255 e. The summed E-state index contributed by atoms with van der Waals surface area (Å²) in [6.45, 7) is 3.58. The molecule has 0 radical (unpaired) electrons. The molecular formula is C26H30FN5O4. The van der Waals surface area contributed by atoms with Crippen LogP contribution in [0.5, 0.6) is 5.75 Å². The van der Waals surface area contributed by atoms with Gasteiger partial charge in [0.15, 0.2) is 0 Å². The van der Waals surface area contributed by atoms with Crippen LogP contribution in [0, 0.1) is 18.7 Å². The summed E-state index contributed by atoms with van der Waals surface area (Å²) < 4.78 is 25.2. The summed E-state index contributed by atoms with van der Waals surface area (Å²) in [5.41, 5.74) is 3.11. The molecule has 3 heterocycles. The number of likely N-dealkylation sites (tertiary alicyclic amines) is 1. The Morgan fingerprint density at radius 3 is 2.69 bits per heavy atom. The number of aromatic amines is 1. The molecular weight excluding hydrogens is 465 g/mol. The lowest BCUT2D eigenvalue weighted by Gasteiger charge is -2.32. The first-order valence-corrected chi connectivity index (χ1v) is 12.3. The molecule has 2 aliphatic rings. The van der Waals surface area contributed by atoms with Crippen molar-refractivity contribution in [2.45, 2.75) is 38.6 Å². The van der Waals surface area contributed by atoms with Gasteiger partial charge in [-0.3, -0.25) is 9.59 Å². The molecule has 1 aliphatic heterocycles. The number of aromatic nitrogens is 3. The molecule has 3 aromatic rings. The Hall–Kier alpha value is -3.53. The van der Waals surface area contributed by atoms with Gasteiger partial charge in [0.25, 0.3) is 5.91 Å². The highest BCUT2D eigenvalue weighted by molar-refractivity contribution is 6.09. The van der Waals surface area contributed by atoms with Crippen molar-refractivity contribution < 1.29 is 23.5 Å². The molecule has 190 valence electrons. The number of piperidine rings is 1. The van der Waals surface area contributed by atoms with Gasteiger partial charge in [0.2, 0.25) is 5.91 Å². The van der Waals surface area contributed by atoms with Gasteiger partial charge in [-0.1, -0.05) is 0 Å². The zero-order chi connectivity index (χ0) is 25.2. The van der Waals surface area contributed by atoms with E-state index in [4.69, 9.17) is 9.47 Å². The van der Waals surface area contributed by atoms with Crippen molar-refractivity contribution in [2.75, 3.05) is 33.4 Å². The van der Waals surface area contributed by atoms with Gasteiger partial charge in [-0.15, -0.1) is 0 Å². The number of nitrogens with zero attached hydrogens (tertiary/aromatic N) is 3. The molecule has 0 spiro atoms. The van der Waals surface area contributed by atoms with E-state index in [1.165, 1.54) is 25.6 Å². The number of rotatable bonds is 8. The van der Waals surface area contributed by atoms with Crippen LogP contribution in [0.3, 0.4) is 0 Å². The van der Waals surface area contributed by atoms with Crippen molar-refractivity contribution in [1.29, 1.82) is 0 Å². The molecule has 1 saturated heterocycles. The lowest BCUT2D eigenvalue weighted by molar-refractivity contribution is -0.136. The summed E-state index contributed by atoms with van der Waals surface area (Å²) >= 11 is 0. The van der Waals surface area contributed by atoms with Gasteiger partial charge in [0.1, 0.15) is 35.7 Å². The van der Waals surface area contributed by atoms with Crippen LogP contribution in [0.4, 0.5) is 4.39 Å². The van der Waals surface area contributed by atoms with Gasteiger partial charge in [-0.2, -0.15) is 0 Å². The third-order valence-corrected chi connectivity index (χ3v) is 6.82. The fourth-order valence-electron chi connectivity index (χ4n) is 4.65. The van der Waals surface area contributed by atoms with Crippen LogP contribution in [0.15, 0.2) is 24.5 Å². The fraction of sp³-hybridized carbons (Fsp3) is 0.462. The Kier molecular flexibility index (Phi) is 6.86. The SMILES string of the molecule is COCC(=O)N1CCC(NC(=O)c2c(C)[nH]c3c(-c4cc(F)ccc4OCC4CC4)ncnc23)CC1. The zero-order valence-electron chi connectivity index (χ0n) is 20.5. The van der Waals surface area contributed by atoms with Crippen LogP contribution in [-0.2, 0) is 9.53 Å². The molecule has 36 heavy (non-hydrogen) atoms. The van der Waals surface area contributed by atoms with E-state index in [2.05, 4.69) is 20.3 Å². The molecule has 1 saturated carbocycles. The number of carbonyl (C=O) groups is 2. The lowest BCUT2D eigenvalue weighted by Crippen LogP contribution is -2.47. The van der Waals surface area contributed by atoms with Crippen LogP contribution >= 0.6 is 0 Å². The number of methoxy groups -OCH3 is 1. The summed E-state index contributed by atoms with van der Waals surface area (Å²) in [5, 5.41) is 3.09. The molecule has 1 aliphatic carbocycles. The number of ether oxygens (including phenoxy) is 2. The maximum absolute atomic E-state index is 14.2. The van der Waals surface area contributed by atoms with Gasteiger partial charge < -0.3 is 24.7 Å². The topological polar surface area (TPSA) is 109 Å². The first kappa shape index (κ1) is 24.2. The first-order valence-electron chi connectivity index (χ1n) is 12.3. The molecule has 0 unspecified atom stereocenters. The van der Waals surface area contributed by atoms with Gasteiger partial charge in [-0.25, -0.2) is 14.4 Å². The van der Waals surface area contributed by atoms with E-state index in [-0.39, 0.29) is 24.5 Å². The van der Waals surface area contributed by atoms with E-state index in [9.17, 15) is 14.0 Å². The molecule has 2 N–H and O–H groups in total. The van der Waals surface area contributed by atoms with Gasteiger partial charge in [0, 0.05) is 37.5 Å². The maximum Gasteiger partial charge on any atom is 0.255 e. The van der Waals surface area contributed by atoms with E-state index in [0.717, 1.165) is 12.8 Å². The van der Waals surface area contributed by atoms with Crippen LogP contribution in [0.2, 0.25) is 0 Å². The van der Waals surface area contributed by atoms with Crippen molar-refractivity contribution in [3.05, 3.63) is 41.6 Å². The summed E-state index contributed by atoms with van der Waals surface area (Å²) in [6.07, 6.45) is 5.00. The van der Waals surface area contributed by atoms with Crippen LogP contribution in [0.1, 0.15) is 41.7 Å². The number of fused-ring (bicyclic) bond motifs is 1. The number of halogens is 1. The van der Waals surface area contributed by atoms with E-state index < -0.39 is 5.82 Å². The second kappa shape index (κ2) is 10.2. The van der Waals surface area contributed by atoms with Crippen molar-refractivity contribution in [3.8, 4) is 17.0 Å². The Morgan fingerprint density at radius 1 is 1.19 bits per heavy atom. The Labute approximate surface area is 208 Å². The predicted molar refractivity (Wildman–Crippen MR) is 131 cm³/mol. The Morgan fingerprint density at radius 2 is 1.97 bits per heavy atom. The molecule has 9 nitrogen and oxygen atoms in total. The average molecular weight is 496 g/mol. The quantitative estimate of drug-likeness (QED) is 0.497. The van der Waals surface area contributed by atoms with E-state index >= 15 is 0 Å². The maximum atomic E-state index is 14.2. The highest BCUT2D eigenvalue weighted by atomic mass is 19.1. The second-order valence-electron chi connectivity index (χ2n) is 9.53.